The topological polar surface area (TPSA) is 55.0 Å². The van der Waals surface area contributed by atoms with Gasteiger partial charge in [-0.2, -0.15) is 13.2 Å². The number of aromatic nitrogens is 2. The Labute approximate surface area is 117 Å². The van der Waals surface area contributed by atoms with Crippen molar-refractivity contribution >= 4 is 5.95 Å². The van der Waals surface area contributed by atoms with Crippen molar-refractivity contribution < 1.29 is 13.2 Å². The molecule has 0 fully saturated rings. The van der Waals surface area contributed by atoms with Crippen molar-refractivity contribution in [2.75, 3.05) is 11.4 Å². The van der Waals surface area contributed by atoms with Crippen LogP contribution in [0, 0.1) is 0 Å². The largest absolute Gasteiger partial charge is 0.406 e. The molecule has 0 bridgehead atoms. The summed E-state index contributed by atoms with van der Waals surface area (Å²) in [6, 6.07) is -0.318. The molecule has 0 amide bonds. The lowest BCUT2D eigenvalue weighted by molar-refractivity contribution is -0.120. The summed E-state index contributed by atoms with van der Waals surface area (Å²) in [7, 11) is 0. The molecule has 1 rings (SSSR count). The quantitative estimate of drug-likeness (QED) is 0.874. The molecular formula is C13H21F3N4. The van der Waals surface area contributed by atoms with Crippen molar-refractivity contribution in [3.63, 3.8) is 0 Å². The van der Waals surface area contributed by atoms with Gasteiger partial charge in [0.05, 0.1) is 0 Å². The van der Waals surface area contributed by atoms with Gasteiger partial charge in [-0.05, 0) is 32.3 Å². The fraction of sp³-hybridized carbons (Fsp3) is 0.692. The zero-order valence-electron chi connectivity index (χ0n) is 12.0. The molecule has 0 aliphatic carbocycles. The average molecular weight is 290 g/mol. The van der Waals surface area contributed by atoms with Crippen LogP contribution < -0.4 is 10.6 Å². The number of hydrogen-bond donors (Lipinski definition) is 1. The maximum atomic E-state index is 12.5. The van der Waals surface area contributed by atoms with Crippen LogP contribution in [0.2, 0.25) is 0 Å². The van der Waals surface area contributed by atoms with Crippen LogP contribution in [0.1, 0.15) is 32.8 Å². The fourth-order valence-electron chi connectivity index (χ4n) is 1.73. The first-order valence-corrected chi connectivity index (χ1v) is 6.62. The number of halogens is 3. The highest BCUT2D eigenvalue weighted by atomic mass is 19.4. The van der Waals surface area contributed by atoms with E-state index in [1.165, 1.54) is 0 Å². The Morgan fingerprint density at radius 3 is 2.20 bits per heavy atom. The lowest BCUT2D eigenvalue weighted by Crippen LogP contribution is -2.40. The second kappa shape index (κ2) is 6.88. The van der Waals surface area contributed by atoms with Crippen LogP contribution in [0.3, 0.4) is 0 Å². The van der Waals surface area contributed by atoms with Crippen LogP contribution in [-0.2, 0) is 6.42 Å². The summed E-state index contributed by atoms with van der Waals surface area (Å²) in [5, 5.41) is 0. The third-order valence-corrected chi connectivity index (χ3v) is 2.94. The first kappa shape index (κ1) is 16.7. The number of alkyl halides is 3. The van der Waals surface area contributed by atoms with Gasteiger partial charge in [0.2, 0.25) is 5.95 Å². The summed E-state index contributed by atoms with van der Waals surface area (Å²) in [6.45, 7) is 4.27. The molecule has 114 valence electrons. The first-order valence-electron chi connectivity index (χ1n) is 6.62. The zero-order valence-corrected chi connectivity index (χ0v) is 12.0. The standard InChI is InChI=1S/C13H21F3N4/c1-4-11(17)5-10-6-18-12(19-7-10)20(9(2)3)8-13(14,15)16/h6-7,9,11H,4-5,8,17H2,1-3H3. The summed E-state index contributed by atoms with van der Waals surface area (Å²) in [6.07, 6.45) is 0.260. The molecule has 4 nitrogen and oxygen atoms in total. The summed E-state index contributed by atoms with van der Waals surface area (Å²) in [4.78, 5) is 9.19. The van der Waals surface area contributed by atoms with E-state index in [9.17, 15) is 13.2 Å². The van der Waals surface area contributed by atoms with E-state index in [2.05, 4.69) is 9.97 Å². The summed E-state index contributed by atoms with van der Waals surface area (Å²) in [5.41, 5.74) is 6.65. The fourth-order valence-corrected chi connectivity index (χ4v) is 1.73. The van der Waals surface area contributed by atoms with Gasteiger partial charge in [0.15, 0.2) is 0 Å². The molecule has 1 unspecified atom stereocenters. The Kier molecular flexibility index (Phi) is 5.74. The van der Waals surface area contributed by atoms with Crippen molar-refractivity contribution in [1.82, 2.24) is 9.97 Å². The molecule has 0 aromatic carbocycles. The van der Waals surface area contributed by atoms with E-state index in [0.29, 0.717) is 6.42 Å². The zero-order chi connectivity index (χ0) is 15.3. The van der Waals surface area contributed by atoms with E-state index in [0.717, 1.165) is 16.9 Å². The van der Waals surface area contributed by atoms with Gasteiger partial charge >= 0.3 is 6.18 Å². The molecule has 1 aromatic rings. The van der Waals surface area contributed by atoms with Gasteiger partial charge in [-0.1, -0.05) is 6.92 Å². The Hall–Kier alpha value is -1.37. The molecular weight excluding hydrogens is 269 g/mol. The molecule has 7 heteroatoms. The van der Waals surface area contributed by atoms with E-state index in [1.807, 2.05) is 6.92 Å². The van der Waals surface area contributed by atoms with E-state index in [1.54, 1.807) is 26.2 Å². The Morgan fingerprint density at radius 2 is 1.80 bits per heavy atom. The molecule has 2 N–H and O–H groups in total. The summed E-state index contributed by atoms with van der Waals surface area (Å²) < 4.78 is 37.6. The van der Waals surface area contributed by atoms with Gasteiger partial charge in [0, 0.05) is 24.5 Å². The van der Waals surface area contributed by atoms with Crippen LogP contribution in [-0.4, -0.2) is 34.8 Å². The number of rotatable bonds is 6. The molecule has 0 saturated carbocycles. The van der Waals surface area contributed by atoms with E-state index >= 15 is 0 Å². The van der Waals surface area contributed by atoms with Gasteiger partial charge in [-0.3, -0.25) is 0 Å². The van der Waals surface area contributed by atoms with Crippen LogP contribution in [0.25, 0.3) is 0 Å². The number of anilines is 1. The molecule has 0 aliphatic rings. The summed E-state index contributed by atoms with van der Waals surface area (Å²) >= 11 is 0. The molecule has 1 heterocycles. The molecule has 0 spiro atoms. The highest BCUT2D eigenvalue weighted by Gasteiger charge is 2.33. The van der Waals surface area contributed by atoms with E-state index < -0.39 is 12.7 Å². The highest BCUT2D eigenvalue weighted by molar-refractivity contribution is 5.31. The maximum absolute atomic E-state index is 12.5. The van der Waals surface area contributed by atoms with Crippen molar-refractivity contribution in [1.29, 1.82) is 0 Å². The van der Waals surface area contributed by atoms with Crippen molar-refractivity contribution in [3.05, 3.63) is 18.0 Å². The van der Waals surface area contributed by atoms with E-state index in [4.69, 9.17) is 5.73 Å². The highest BCUT2D eigenvalue weighted by Crippen LogP contribution is 2.21. The van der Waals surface area contributed by atoms with E-state index in [-0.39, 0.29) is 18.0 Å². The normalized spacial score (nSPS) is 13.6. The second-order valence-corrected chi connectivity index (χ2v) is 5.10. The minimum Gasteiger partial charge on any atom is -0.329 e. The maximum Gasteiger partial charge on any atom is 0.406 e. The number of nitrogens with zero attached hydrogens (tertiary/aromatic N) is 3. The van der Waals surface area contributed by atoms with Crippen molar-refractivity contribution in [2.45, 2.75) is 51.9 Å². The second-order valence-electron chi connectivity index (χ2n) is 5.10. The monoisotopic (exact) mass is 290 g/mol. The molecule has 20 heavy (non-hydrogen) atoms. The van der Waals surface area contributed by atoms with Crippen LogP contribution >= 0.6 is 0 Å². The van der Waals surface area contributed by atoms with Crippen LogP contribution in [0.5, 0.6) is 0 Å². The van der Waals surface area contributed by atoms with Gasteiger partial charge < -0.3 is 10.6 Å². The van der Waals surface area contributed by atoms with Gasteiger partial charge in [-0.15, -0.1) is 0 Å². The number of hydrogen-bond acceptors (Lipinski definition) is 4. The molecule has 1 atom stereocenters. The van der Waals surface area contributed by atoms with Gasteiger partial charge in [0.1, 0.15) is 6.54 Å². The predicted octanol–water partition coefficient (Wildman–Crippen LogP) is 2.53. The molecule has 0 aliphatic heterocycles. The van der Waals surface area contributed by atoms with Gasteiger partial charge in [0.25, 0.3) is 0 Å². The lowest BCUT2D eigenvalue weighted by Gasteiger charge is -2.27. The molecule has 0 saturated heterocycles. The van der Waals surface area contributed by atoms with Gasteiger partial charge in [-0.25, -0.2) is 9.97 Å². The Bertz CT molecular complexity index is 403. The predicted molar refractivity (Wildman–Crippen MR) is 72.5 cm³/mol. The average Bonchev–Trinajstić information content (AvgIpc) is 2.35. The van der Waals surface area contributed by atoms with Crippen LogP contribution in [0.15, 0.2) is 12.4 Å². The van der Waals surface area contributed by atoms with Crippen LogP contribution in [0.4, 0.5) is 19.1 Å². The number of nitrogens with two attached hydrogens (primary N) is 1. The third-order valence-electron chi connectivity index (χ3n) is 2.94. The first-order chi connectivity index (χ1) is 9.23. The Morgan fingerprint density at radius 1 is 1.25 bits per heavy atom. The smallest absolute Gasteiger partial charge is 0.329 e. The molecule has 0 radical (unpaired) electrons. The minimum absolute atomic E-state index is 0.0147. The van der Waals surface area contributed by atoms with Crippen molar-refractivity contribution in [3.8, 4) is 0 Å². The Balaban J connectivity index is 2.83. The summed E-state index contributed by atoms with van der Waals surface area (Å²) in [5.74, 6) is 0.0890. The lowest BCUT2D eigenvalue weighted by atomic mass is 10.1. The third kappa shape index (κ3) is 5.32. The minimum atomic E-state index is -4.28. The van der Waals surface area contributed by atoms with Crippen molar-refractivity contribution in [2.24, 2.45) is 5.73 Å². The molecule has 1 aromatic heterocycles. The SMILES string of the molecule is CCC(N)Cc1cnc(N(CC(F)(F)F)C(C)C)nc1.